The van der Waals surface area contributed by atoms with Crippen molar-refractivity contribution in [2.45, 2.75) is 0 Å². The Kier molecular flexibility index (Phi) is 3.58. The molecule has 0 bridgehead atoms. The van der Waals surface area contributed by atoms with E-state index in [-0.39, 0.29) is 0 Å². The summed E-state index contributed by atoms with van der Waals surface area (Å²) in [5.41, 5.74) is 0. The average Bonchev–Trinajstić information content (AvgIpc) is 2.22. The molecule has 2 aromatic rings. The Balaban J connectivity index is 2.18. The van der Waals surface area contributed by atoms with E-state index in [0.29, 0.717) is 5.88 Å². The van der Waals surface area contributed by atoms with Gasteiger partial charge in [0.2, 0.25) is 5.88 Å². The van der Waals surface area contributed by atoms with Crippen LogP contribution in [0.25, 0.3) is 0 Å². The van der Waals surface area contributed by atoms with Gasteiger partial charge in [-0.2, -0.15) is 0 Å². The van der Waals surface area contributed by atoms with Crippen LogP contribution in [-0.2, 0) is 0 Å². The van der Waals surface area contributed by atoms with E-state index in [1.54, 1.807) is 6.20 Å². The molecule has 0 atom stereocenters. The van der Waals surface area contributed by atoms with E-state index < -0.39 is 0 Å². The van der Waals surface area contributed by atoms with E-state index in [4.69, 9.17) is 4.74 Å². The van der Waals surface area contributed by atoms with Gasteiger partial charge in [-0.3, -0.25) is 0 Å². The summed E-state index contributed by atoms with van der Waals surface area (Å²) in [5, 5.41) is 0. The standard InChI is InChI=1S/C11H7BrINO/c12-8-4-5-11(14-7-8)15-10-3-1-2-9(13)6-10/h1-7H. The average molecular weight is 376 g/mol. The maximum atomic E-state index is 5.58. The molecule has 0 spiro atoms. The van der Waals surface area contributed by atoms with Crippen molar-refractivity contribution in [3.8, 4) is 11.6 Å². The van der Waals surface area contributed by atoms with Crippen LogP contribution in [0.1, 0.15) is 0 Å². The predicted molar refractivity (Wildman–Crippen MR) is 71.2 cm³/mol. The minimum atomic E-state index is 0.597. The molecule has 76 valence electrons. The molecule has 0 saturated heterocycles. The second kappa shape index (κ2) is 4.94. The van der Waals surface area contributed by atoms with Crippen LogP contribution in [0.4, 0.5) is 0 Å². The molecule has 0 radical (unpaired) electrons. The fourth-order valence-corrected chi connectivity index (χ4v) is 1.82. The quantitative estimate of drug-likeness (QED) is 0.732. The molecule has 0 aliphatic heterocycles. The Labute approximate surface area is 110 Å². The monoisotopic (exact) mass is 375 g/mol. The second-order valence-electron chi connectivity index (χ2n) is 2.87. The molecule has 1 heterocycles. The molecule has 0 fully saturated rings. The molecular weight excluding hydrogens is 369 g/mol. The Morgan fingerprint density at radius 2 is 2.07 bits per heavy atom. The lowest BCUT2D eigenvalue weighted by molar-refractivity contribution is 0.462. The van der Waals surface area contributed by atoms with Crippen molar-refractivity contribution in [3.63, 3.8) is 0 Å². The van der Waals surface area contributed by atoms with Crippen molar-refractivity contribution < 1.29 is 4.74 Å². The first-order valence-electron chi connectivity index (χ1n) is 4.29. The summed E-state index contributed by atoms with van der Waals surface area (Å²) in [7, 11) is 0. The van der Waals surface area contributed by atoms with Gasteiger partial charge in [0.15, 0.2) is 0 Å². The van der Waals surface area contributed by atoms with Crippen LogP contribution in [0.2, 0.25) is 0 Å². The third kappa shape index (κ3) is 3.17. The number of hydrogen-bond donors (Lipinski definition) is 0. The fraction of sp³-hybridized carbons (Fsp3) is 0. The zero-order valence-corrected chi connectivity index (χ0v) is 11.4. The molecule has 0 amide bonds. The number of halogens is 2. The van der Waals surface area contributed by atoms with Crippen LogP contribution in [0.5, 0.6) is 11.6 Å². The van der Waals surface area contributed by atoms with E-state index in [9.17, 15) is 0 Å². The minimum absolute atomic E-state index is 0.597. The van der Waals surface area contributed by atoms with E-state index in [1.165, 1.54) is 0 Å². The maximum absolute atomic E-state index is 5.58. The lowest BCUT2D eigenvalue weighted by Crippen LogP contribution is -1.87. The highest BCUT2D eigenvalue weighted by molar-refractivity contribution is 14.1. The molecule has 15 heavy (non-hydrogen) atoms. The normalized spacial score (nSPS) is 10.0. The molecule has 2 nitrogen and oxygen atoms in total. The lowest BCUT2D eigenvalue weighted by atomic mass is 10.3. The topological polar surface area (TPSA) is 22.1 Å². The van der Waals surface area contributed by atoms with Crippen molar-refractivity contribution >= 4 is 38.5 Å². The van der Waals surface area contributed by atoms with Crippen LogP contribution >= 0.6 is 38.5 Å². The highest BCUT2D eigenvalue weighted by Gasteiger charge is 1.98. The smallest absolute Gasteiger partial charge is 0.219 e. The number of benzene rings is 1. The first kappa shape index (κ1) is 10.9. The third-order valence-corrected chi connectivity index (χ3v) is 2.86. The molecule has 1 aromatic carbocycles. The molecule has 0 saturated carbocycles. The Bertz CT molecular complexity index is 458. The summed E-state index contributed by atoms with van der Waals surface area (Å²) in [4.78, 5) is 4.13. The maximum Gasteiger partial charge on any atom is 0.219 e. The molecule has 4 heteroatoms. The number of rotatable bonds is 2. The summed E-state index contributed by atoms with van der Waals surface area (Å²) in [5.74, 6) is 1.40. The summed E-state index contributed by atoms with van der Waals surface area (Å²) in [6, 6.07) is 11.6. The lowest BCUT2D eigenvalue weighted by Gasteiger charge is -2.04. The van der Waals surface area contributed by atoms with E-state index in [0.717, 1.165) is 13.8 Å². The first-order valence-corrected chi connectivity index (χ1v) is 6.16. The largest absolute Gasteiger partial charge is 0.439 e. The summed E-state index contributed by atoms with van der Waals surface area (Å²) in [6.45, 7) is 0. The zero-order chi connectivity index (χ0) is 10.7. The van der Waals surface area contributed by atoms with Gasteiger partial charge in [0.1, 0.15) is 5.75 Å². The summed E-state index contributed by atoms with van der Waals surface area (Å²) in [6.07, 6.45) is 1.71. The second-order valence-corrected chi connectivity index (χ2v) is 5.04. The fourth-order valence-electron chi connectivity index (χ4n) is 1.07. The van der Waals surface area contributed by atoms with Gasteiger partial charge in [-0.15, -0.1) is 0 Å². The SMILES string of the molecule is Brc1ccc(Oc2cccc(I)c2)nc1. The molecule has 0 aliphatic rings. The van der Waals surface area contributed by atoms with Crippen molar-refractivity contribution in [1.82, 2.24) is 4.98 Å². The van der Waals surface area contributed by atoms with Crippen LogP contribution in [0, 0.1) is 3.57 Å². The number of nitrogens with zero attached hydrogens (tertiary/aromatic N) is 1. The van der Waals surface area contributed by atoms with Gasteiger partial charge in [-0.25, -0.2) is 4.98 Å². The Hall–Kier alpha value is -0.620. The molecule has 2 rings (SSSR count). The van der Waals surface area contributed by atoms with Gasteiger partial charge < -0.3 is 4.74 Å². The number of aromatic nitrogens is 1. The zero-order valence-electron chi connectivity index (χ0n) is 7.65. The van der Waals surface area contributed by atoms with Gasteiger partial charge >= 0.3 is 0 Å². The number of hydrogen-bond acceptors (Lipinski definition) is 2. The predicted octanol–water partition coefficient (Wildman–Crippen LogP) is 4.24. The highest BCUT2D eigenvalue weighted by Crippen LogP contribution is 2.22. The minimum Gasteiger partial charge on any atom is -0.439 e. The summed E-state index contributed by atoms with van der Waals surface area (Å²) < 4.78 is 7.66. The van der Waals surface area contributed by atoms with Crippen molar-refractivity contribution in [1.29, 1.82) is 0 Å². The Morgan fingerprint density at radius 1 is 1.20 bits per heavy atom. The number of pyridine rings is 1. The number of ether oxygens (including phenoxy) is 1. The molecule has 0 aliphatic carbocycles. The third-order valence-electron chi connectivity index (χ3n) is 1.72. The van der Waals surface area contributed by atoms with Gasteiger partial charge in [0.05, 0.1) is 0 Å². The van der Waals surface area contributed by atoms with Crippen molar-refractivity contribution in [3.05, 3.63) is 50.6 Å². The van der Waals surface area contributed by atoms with Crippen molar-refractivity contribution in [2.24, 2.45) is 0 Å². The van der Waals surface area contributed by atoms with Crippen molar-refractivity contribution in [2.75, 3.05) is 0 Å². The van der Waals surface area contributed by atoms with Gasteiger partial charge in [-0.05, 0) is 62.8 Å². The molecule has 0 unspecified atom stereocenters. The van der Waals surface area contributed by atoms with Crippen LogP contribution in [0.15, 0.2) is 47.1 Å². The molecule has 1 aromatic heterocycles. The Morgan fingerprint density at radius 3 is 2.73 bits per heavy atom. The van der Waals surface area contributed by atoms with E-state index >= 15 is 0 Å². The van der Waals surface area contributed by atoms with Gasteiger partial charge in [0, 0.05) is 20.3 Å². The highest BCUT2D eigenvalue weighted by atomic mass is 127. The van der Waals surface area contributed by atoms with Crippen LogP contribution < -0.4 is 4.74 Å². The molecular formula is C11H7BrINO. The van der Waals surface area contributed by atoms with E-state index in [1.807, 2.05) is 36.4 Å². The van der Waals surface area contributed by atoms with Crippen LogP contribution in [0.3, 0.4) is 0 Å². The van der Waals surface area contributed by atoms with Gasteiger partial charge in [0.25, 0.3) is 0 Å². The van der Waals surface area contributed by atoms with Crippen LogP contribution in [-0.4, -0.2) is 4.98 Å². The summed E-state index contributed by atoms with van der Waals surface area (Å²) >= 11 is 5.57. The van der Waals surface area contributed by atoms with E-state index in [2.05, 4.69) is 43.5 Å². The molecule has 0 N–H and O–H groups in total. The van der Waals surface area contributed by atoms with Gasteiger partial charge in [-0.1, -0.05) is 6.07 Å². The first-order chi connectivity index (χ1) is 7.24.